The van der Waals surface area contributed by atoms with E-state index in [1.54, 1.807) is 11.8 Å². The highest BCUT2D eigenvalue weighted by molar-refractivity contribution is 8.02. The van der Waals surface area contributed by atoms with E-state index in [9.17, 15) is 4.79 Å². The highest BCUT2D eigenvalue weighted by Gasteiger charge is 2.20. The van der Waals surface area contributed by atoms with Crippen molar-refractivity contribution in [2.24, 2.45) is 11.8 Å². The number of rotatable bonds is 3. The van der Waals surface area contributed by atoms with Crippen molar-refractivity contribution in [1.82, 2.24) is 10.6 Å². The van der Waals surface area contributed by atoms with Crippen LogP contribution in [0.1, 0.15) is 27.7 Å². The normalized spacial score (nSPS) is 21.0. The molecule has 1 rings (SSSR count). The van der Waals surface area contributed by atoms with Crippen molar-refractivity contribution in [3.63, 3.8) is 0 Å². The summed E-state index contributed by atoms with van der Waals surface area (Å²) in [6, 6.07) is 0. The van der Waals surface area contributed by atoms with Gasteiger partial charge in [-0.2, -0.15) is 0 Å². The Kier molecular flexibility index (Phi) is 3.86. The Morgan fingerprint density at radius 3 is 2.57 bits per heavy atom. The van der Waals surface area contributed by atoms with Crippen LogP contribution in [0.15, 0.2) is 11.1 Å². The van der Waals surface area contributed by atoms with Crippen LogP contribution in [-0.4, -0.2) is 11.4 Å². The molecule has 1 amide bonds. The molecule has 0 spiro atoms. The Morgan fingerprint density at radius 1 is 1.50 bits per heavy atom. The standard InChI is InChI=1S/C10H18N2OS/c1-6(2)8-5-14-10(11-8)12-9(13)7(3)4/h5-7,10-11H,1-4H3,(H,12,13). The average molecular weight is 214 g/mol. The van der Waals surface area contributed by atoms with Gasteiger partial charge < -0.3 is 10.6 Å². The summed E-state index contributed by atoms with van der Waals surface area (Å²) in [7, 11) is 0. The van der Waals surface area contributed by atoms with E-state index in [4.69, 9.17) is 0 Å². The predicted octanol–water partition coefficient (Wildman–Crippen LogP) is 1.88. The highest BCUT2D eigenvalue weighted by Crippen LogP contribution is 2.23. The van der Waals surface area contributed by atoms with Crippen molar-refractivity contribution in [1.29, 1.82) is 0 Å². The first-order chi connectivity index (χ1) is 6.50. The Hall–Kier alpha value is -0.640. The van der Waals surface area contributed by atoms with Crippen LogP contribution < -0.4 is 10.6 Å². The summed E-state index contributed by atoms with van der Waals surface area (Å²) in [5.74, 6) is 0.623. The van der Waals surface area contributed by atoms with Gasteiger partial charge in [-0.3, -0.25) is 4.79 Å². The zero-order valence-corrected chi connectivity index (χ0v) is 9.94. The van der Waals surface area contributed by atoms with E-state index in [1.165, 1.54) is 5.70 Å². The SMILES string of the molecule is CC(C)C(=O)NC1NC(C(C)C)=CS1. The molecule has 0 saturated carbocycles. The van der Waals surface area contributed by atoms with Gasteiger partial charge in [0.25, 0.3) is 0 Å². The summed E-state index contributed by atoms with van der Waals surface area (Å²) >= 11 is 1.62. The summed E-state index contributed by atoms with van der Waals surface area (Å²) < 4.78 is 0. The molecule has 0 saturated heterocycles. The topological polar surface area (TPSA) is 41.1 Å². The van der Waals surface area contributed by atoms with Crippen molar-refractivity contribution in [2.45, 2.75) is 33.2 Å². The van der Waals surface area contributed by atoms with Crippen LogP contribution in [-0.2, 0) is 4.79 Å². The zero-order valence-electron chi connectivity index (χ0n) is 9.13. The molecule has 1 atom stereocenters. The van der Waals surface area contributed by atoms with E-state index < -0.39 is 0 Å². The molecule has 1 aliphatic heterocycles. The first-order valence-electron chi connectivity index (χ1n) is 4.93. The van der Waals surface area contributed by atoms with E-state index in [-0.39, 0.29) is 17.3 Å². The van der Waals surface area contributed by atoms with Crippen LogP contribution in [0.4, 0.5) is 0 Å². The van der Waals surface area contributed by atoms with Crippen LogP contribution in [0.2, 0.25) is 0 Å². The Labute approximate surface area is 89.7 Å². The van der Waals surface area contributed by atoms with Crippen LogP contribution in [0.25, 0.3) is 0 Å². The molecule has 4 heteroatoms. The van der Waals surface area contributed by atoms with Gasteiger partial charge in [0.1, 0.15) is 0 Å². The number of carbonyl (C=O) groups excluding carboxylic acids is 1. The number of nitrogens with one attached hydrogen (secondary N) is 2. The van der Waals surface area contributed by atoms with Gasteiger partial charge >= 0.3 is 0 Å². The maximum Gasteiger partial charge on any atom is 0.224 e. The van der Waals surface area contributed by atoms with Gasteiger partial charge in [0.2, 0.25) is 5.91 Å². The molecule has 0 aromatic rings. The quantitative estimate of drug-likeness (QED) is 0.753. The molecule has 80 valence electrons. The lowest BCUT2D eigenvalue weighted by Crippen LogP contribution is -2.42. The van der Waals surface area contributed by atoms with Crippen LogP contribution >= 0.6 is 11.8 Å². The largest absolute Gasteiger partial charge is 0.359 e. The fraction of sp³-hybridized carbons (Fsp3) is 0.700. The van der Waals surface area contributed by atoms with Gasteiger partial charge in [-0.05, 0) is 11.3 Å². The first kappa shape index (κ1) is 11.4. The van der Waals surface area contributed by atoms with Gasteiger partial charge in [0, 0.05) is 11.6 Å². The van der Waals surface area contributed by atoms with Crippen molar-refractivity contribution >= 4 is 17.7 Å². The molecular formula is C10H18N2OS. The second kappa shape index (κ2) is 4.73. The number of carbonyl (C=O) groups is 1. The molecule has 0 aromatic carbocycles. The van der Waals surface area contributed by atoms with Crippen molar-refractivity contribution in [3.05, 3.63) is 11.1 Å². The van der Waals surface area contributed by atoms with Gasteiger partial charge in [-0.15, -0.1) is 0 Å². The predicted molar refractivity (Wildman–Crippen MR) is 60.4 cm³/mol. The fourth-order valence-corrected chi connectivity index (χ4v) is 2.04. The minimum absolute atomic E-state index is 0.0160. The van der Waals surface area contributed by atoms with E-state index in [2.05, 4.69) is 29.9 Å². The minimum Gasteiger partial charge on any atom is -0.359 e. The summed E-state index contributed by atoms with van der Waals surface area (Å²) in [6.07, 6.45) is 0. The smallest absolute Gasteiger partial charge is 0.224 e. The zero-order chi connectivity index (χ0) is 10.7. The number of allylic oxidation sites excluding steroid dienone is 1. The average Bonchev–Trinajstić information content (AvgIpc) is 2.52. The molecule has 0 aliphatic carbocycles. The van der Waals surface area contributed by atoms with Crippen molar-refractivity contribution < 1.29 is 4.79 Å². The molecule has 0 aromatic heterocycles. The summed E-state index contributed by atoms with van der Waals surface area (Å²) in [5.41, 5.74) is 1.21. The minimum atomic E-state index is 0.0160. The second-order valence-corrected chi connectivity index (χ2v) is 5.03. The molecule has 0 fully saturated rings. The molecular weight excluding hydrogens is 196 g/mol. The molecule has 0 bridgehead atoms. The molecule has 2 N–H and O–H groups in total. The summed E-state index contributed by atoms with van der Waals surface area (Å²) in [5, 5.41) is 8.27. The van der Waals surface area contributed by atoms with E-state index >= 15 is 0 Å². The number of thioether (sulfide) groups is 1. The third kappa shape index (κ3) is 2.94. The molecule has 14 heavy (non-hydrogen) atoms. The third-order valence-electron chi connectivity index (χ3n) is 2.05. The molecule has 1 heterocycles. The lowest BCUT2D eigenvalue weighted by Gasteiger charge is -2.17. The Bertz CT molecular complexity index is 249. The summed E-state index contributed by atoms with van der Waals surface area (Å²) in [6.45, 7) is 8.05. The van der Waals surface area contributed by atoms with Gasteiger partial charge in [0.15, 0.2) is 5.50 Å². The molecule has 0 radical (unpaired) electrons. The van der Waals surface area contributed by atoms with E-state index in [1.807, 2.05) is 13.8 Å². The second-order valence-electron chi connectivity index (χ2n) is 4.05. The number of hydrogen-bond acceptors (Lipinski definition) is 3. The first-order valence-corrected chi connectivity index (χ1v) is 5.87. The Balaban J connectivity index is 2.36. The van der Waals surface area contributed by atoms with Crippen molar-refractivity contribution in [3.8, 4) is 0 Å². The Morgan fingerprint density at radius 2 is 2.14 bits per heavy atom. The molecule has 1 aliphatic rings. The van der Waals surface area contributed by atoms with Gasteiger partial charge in [-0.1, -0.05) is 39.5 Å². The lowest BCUT2D eigenvalue weighted by atomic mass is 10.2. The van der Waals surface area contributed by atoms with E-state index in [0.717, 1.165) is 0 Å². The summed E-state index contributed by atoms with van der Waals surface area (Å²) in [4.78, 5) is 11.4. The maximum atomic E-state index is 11.4. The van der Waals surface area contributed by atoms with Crippen LogP contribution in [0, 0.1) is 11.8 Å². The monoisotopic (exact) mass is 214 g/mol. The maximum absolute atomic E-state index is 11.4. The van der Waals surface area contributed by atoms with Gasteiger partial charge in [-0.25, -0.2) is 0 Å². The molecule has 1 unspecified atom stereocenters. The number of hydrogen-bond donors (Lipinski definition) is 2. The third-order valence-corrected chi connectivity index (χ3v) is 2.95. The molecule has 3 nitrogen and oxygen atoms in total. The van der Waals surface area contributed by atoms with E-state index in [0.29, 0.717) is 5.92 Å². The lowest BCUT2D eigenvalue weighted by molar-refractivity contribution is -0.124. The fourth-order valence-electron chi connectivity index (χ4n) is 1.03. The number of amides is 1. The van der Waals surface area contributed by atoms with Gasteiger partial charge in [0.05, 0.1) is 0 Å². The van der Waals surface area contributed by atoms with Crippen LogP contribution in [0.5, 0.6) is 0 Å². The van der Waals surface area contributed by atoms with Crippen molar-refractivity contribution in [2.75, 3.05) is 0 Å². The van der Waals surface area contributed by atoms with Crippen LogP contribution in [0.3, 0.4) is 0 Å². The highest BCUT2D eigenvalue weighted by atomic mass is 32.2.